The molecule has 2 aliphatic rings. The Morgan fingerprint density at radius 1 is 1.21 bits per heavy atom. The van der Waals surface area contributed by atoms with Crippen LogP contribution in [0.15, 0.2) is 46.9 Å². The number of benzene rings is 1. The van der Waals surface area contributed by atoms with Gasteiger partial charge < -0.3 is 31.7 Å². The predicted molar refractivity (Wildman–Crippen MR) is 145 cm³/mol. The van der Waals surface area contributed by atoms with E-state index in [4.69, 9.17) is 11.5 Å². The van der Waals surface area contributed by atoms with Crippen molar-refractivity contribution < 1.29 is 24.3 Å². The molecule has 2 saturated heterocycles. The van der Waals surface area contributed by atoms with Crippen LogP contribution in [-0.2, 0) is 20.8 Å². The largest absolute Gasteiger partial charge is 0.383 e. The second-order valence-corrected chi connectivity index (χ2v) is 10.6. The van der Waals surface area contributed by atoms with Crippen LogP contribution in [0.5, 0.6) is 0 Å². The zero-order chi connectivity index (χ0) is 27.9. The van der Waals surface area contributed by atoms with E-state index in [2.05, 4.69) is 15.3 Å². The van der Waals surface area contributed by atoms with Crippen LogP contribution in [0.4, 0.5) is 0 Å². The van der Waals surface area contributed by atoms with Gasteiger partial charge in [-0.25, -0.2) is 4.98 Å². The molecule has 13 heteroatoms. The molecule has 1 aromatic carbocycles. The van der Waals surface area contributed by atoms with Crippen LogP contribution in [0.25, 0.3) is 0 Å². The Bertz CT molecular complexity index is 1200. The van der Waals surface area contributed by atoms with Crippen molar-refractivity contribution in [3.05, 3.63) is 52.5 Å². The molecule has 4 rings (SSSR count). The highest BCUT2D eigenvalue weighted by molar-refractivity contribution is 7.11. The van der Waals surface area contributed by atoms with E-state index < -0.39 is 30.0 Å². The molecule has 3 heterocycles. The summed E-state index contributed by atoms with van der Waals surface area (Å²) in [6, 6.07) is 7.23. The molecule has 208 valence electrons. The van der Waals surface area contributed by atoms with Crippen LogP contribution in [0, 0.1) is 0 Å². The van der Waals surface area contributed by atoms with Gasteiger partial charge in [0.25, 0.3) is 5.91 Å². The summed E-state index contributed by atoms with van der Waals surface area (Å²) < 4.78 is 0. The number of aromatic nitrogens is 1. The van der Waals surface area contributed by atoms with Gasteiger partial charge in [0.1, 0.15) is 12.1 Å². The van der Waals surface area contributed by atoms with E-state index in [1.807, 2.05) is 30.3 Å². The maximum Gasteiger partial charge on any atom is 0.252 e. The Hall–Kier alpha value is -3.84. The van der Waals surface area contributed by atoms with Crippen LogP contribution in [0.2, 0.25) is 0 Å². The minimum Gasteiger partial charge on any atom is -0.383 e. The number of aliphatic hydroxyl groups is 1. The number of nitrogens with zero attached hydrogens (tertiary/aromatic N) is 4. The van der Waals surface area contributed by atoms with Crippen LogP contribution in [0.3, 0.4) is 0 Å². The molecular weight excluding hydrogens is 522 g/mol. The standard InChI is InChI=1S/C26H33N7O5S/c27-26(28)30-10-4-7-18(22(36)24-29-11-12-39-24)31-23(37)19-9-8-17-14-32(15-21(35)33(17)19)25(38)20(34)13-16-5-2-1-3-6-16/h1-3,5-6,11-12,17-20,34H,4,7-10,13-15H2,(H,31,37)(H4,27,28,30)/t17-,18?,19-,20-/m0/s1. The number of amides is 3. The second-order valence-electron chi connectivity index (χ2n) is 9.68. The van der Waals surface area contributed by atoms with Crippen molar-refractivity contribution in [2.45, 2.75) is 56.3 Å². The van der Waals surface area contributed by atoms with Gasteiger partial charge >= 0.3 is 0 Å². The van der Waals surface area contributed by atoms with Crippen LogP contribution < -0.4 is 16.8 Å². The summed E-state index contributed by atoms with van der Waals surface area (Å²) in [4.78, 5) is 63.3. The van der Waals surface area contributed by atoms with Gasteiger partial charge in [-0.2, -0.15) is 0 Å². The number of fused-ring (bicyclic) bond motifs is 1. The topological polar surface area (TPSA) is 184 Å². The van der Waals surface area contributed by atoms with Gasteiger partial charge in [-0.1, -0.05) is 30.3 Å². The third-order valence-electron chi connectivity index (χ3n) is 6.94. The Morgan fingerprint density at radius 2 is 1.97 bits per heavy atom. The van der Waals surface area contributed by atoms with Crippen molar-refractivity contribution in [2.75, 3.05) is 19.6 Å². The van der Waals surface area contributed by atoms with E-state index in [1.165, 1.54) is 27.3 Å². The molecular formula is C26H33N7O5S. The molecule has 12 nitrogen and oxygen atoms in total. The normalized spacial score (nSPS) is 20.2. The van der Waals surface area contributed by atoms with E-state index in [-0.39, 0.29) is 48.2 Å². The Labute approximate surface area is 230 Å². The van der Waals surface area contributed by atoms with E-state index in [1.54, 1.807) is 5.38 Å². The number of piperazine rings is 1. The van der Waals surface area contributed by atoms with Gasteiger partial charge in [0.05, 0.1) is 18.6 Å². The number of nitrogens with two attached hydrogens (primary N) is 2. The highest BCUT2D eigenvalue weighted by atomic mass is 32.1. The molecule has 1 unspecified atom stereocenters. The van der Waals surface area contributed by atoms with Crippen molar-refractivity contribution in [1.82, 2.24) is 20.1 Å². The van der Waals surface area contributed by atoms with Crippen molar-refractivity contribution in [3.8, 4) is 0 Å². The maximum atomic E-state index is 13.3. The fourth-order valence-corrected chi connectivity index (χ4v) is 5.73. The highest BCUT2D eigenvalue weighted by Crippen LogP contribution is 2.29. The summed E-state index contributed by atoms with van der Waals surface area (Å²) >= 11 is 1.18. The first-order valence-electron chi connectivity index (χ1n) is 12.9. The number of Topliss-reactive ketones (excluding diaryl/α,β-unsaturated/α-hetero) is 1. The summed E-state index contributed by atoms with van der Waals surface area (Å²) in [6.07, 6.45) is 2.10. The number of nitrogens with one attached hydrogen (secondary N) is 1. The predicted octanol–water partition coefficient (Wildman–Crippen LogP) is -0.330. The zero-order valence-electron chi connectivity index (χ0n) is 21.4. The number of hydrogen-bond acceptors (Lipinski definition) is 8. The molecule has 2 aliphatic heterocycles. The molecule has 4 atom stereocenters. The van der Waals surface area contributed by atoms with Gasteiger partial charge in [0, 0.05) is 31.1 Å². The van der Waals surface area contributed by atoms with Crippen LogP contribution in [0.1, 0.15) is 41.0 Å². The molecule has 0 spiro atoms. The van der Waals surface area contributed by atoms with Crippen molar-refractivity contribution in [3.63, 3.8) is 0 Å². The number of aliphatic imine (C=N–C) groups is 1. The highest BCUT2D eigenvalue weighted by Gasteiger charge is 2.46. The number of carbonyl (C=O) groups is 4. The van der Waals surface area contributed by atoms with E-state index in [0.717, 1.165) is 5.56 Å². The summed E-state index contributed by atoms with van der Waals surface area (Å²) in [6.45, 7) is 0.321. The van der Waals surface area contributed by atoms with E-state index in [0.29, 0.717) is 32.2 Å². The van der Waals surface area contributed by atoms with Crippen LogP contribution >= 0.6 is 11.3 Å². The van der Waals surface area contributed by atoms with Crippen LogP contribution in [-0.4, -0.2) is 93.2 Å². The summed E-state index contributed by atoms with van der Waals surface area (Å²) in [5, 5.41) is 15.3. The molecule has 0 saturated carbocycles. The number of aliphatic hydroxyl groups excluding tert-OH is 1. The van der Waals surface area contributed by atoms with Crippen molar-refractivity contribution in [2.24, 2.45) is 16.5 Å². The molecule has 3 amide bonds. The quantitative estimate of drug-likeness (QED) is 0.126. The van der Waals surface area contributed by atoms with Gasteiger partial charge in [-0.05, 0) is 31.2 Å². The lowest BCUT2D eigenvalue weighted by Crippen LogP contribution is -2.61. The SMILES string of the molecule is NC(N)=NCCCC(NC(=O)[C@@H]1CC[C@H]2CN(C(=O)[C@@H](O)Cc3ccccc3)CC(=O)N21)C(=O)c1nccs1. The number of thiazole rings is 1. The first-order valence-corrected chi connectivity index (χ1v) is 13.7. The monoisotopic (exact) mass is 555 g/mol. The first-order chi connectivity index (χ1) is 18.7. The lowest BCUT2D eigenvalue weighted by Gasteiger charge is -2.40. The van der Waals surface area contributed by atoms with Gasteiger partial charge in [0.2, 0.25) is 17.6 Å². The number of rotatable bonds is 11. The van der Waals surface area contributed by atoms with E-state index >= 15 is 0 Å². The second kappa shape index (κ2) is 12.8. The molecule has 2 aromatic rings. The Kier molecular flexibility index (Phi) is 9.25. The van der Waals surface area contributed by atoms with Gasteiger partial charge in [-0.15, -0.1) is 11.3 Å². The minimum absolute atomic E-state index is 0.0532. The van der Waals surface area contributed by atoms with E-state index in [9.17, 15) is 24.3 Å². The average molecular weight is 556 g/mol. The fourth-order valence-electron chi connectivity index (χ4n) is 5.10. The molecule has 39 heavy (non-hydrogen) atoms. The summed E-state index contributed by atoms with van der Waals surface area (Å²) in [7, 11) is 0. The summed E-state index contributed by atoms with van der Waals surface area (Å²) in [5.41, 5.74) is 11.6. The third kappa shape index (κ3) is 6.98. The lowest BCUT2D eigenvalue weighted by atomic mass is 10.1. The van der Waals surface area contributed by atoms with Crippen molar-refractivity contribution >= 4 is 40.8 Å². The van der Waals surface area contributed by atoms with Gasteiger partial charge in [0.15, 0.2) is 11.0 Å². The lowest BCUT2D eigenvalue weighted by molar-refractivity contribution is -0.154. The molecule has 6 N–H and O–H groups in total. The van der Waals surface area contributed by atoms with Crippen molar-refractivity contribution in [1.29, 1.82) is 0 Å². The third-order valence-corrected chi connectivity index (χ3v) is 7.73. The molecule has 0 radical (unpaired) electrons. The molecule has 0 bridgehead atoms. The average Bonchev–Trinajstić information content (AvgIpc) is 3.61. The number of hydrogen-bond donors (Lipinski definition) is 4. The fraction of sp³-hybridized carbons (Fsp3) is 0.462. The minimum atomic E-state index is -1.26. The zero-order valence-corrected chi connectivity index (χ0v) is 22.3. The number of guanidine groups is 1. The summed E-state index contributed by atoms with van der Waals surface area (Å²) in [5.74, 6) is -1.66. The first kappa shape index (κ1) is 28.2. The molecule has 1 aromatic heterocycles. The molecule has 0 aliphatic carbocycles. The molecule has 2 fully saturated rings. The smallest absolute Gasteiger partial charge is 0.252 e. The number of carbonyl (C=O) groups excluding carboxylic acids is 4. The maximum absolute atomic E-state index is 13.3. The Balaban J connectivity index is 1.38. The number of ketones is 1. The Morgan fingerprint density at radius 3 is 2.67 bits per heavy atom. The van der Waals surface area contributed by atoms with Gasteiger partial charge in [-0.3, -0.25) is 24.2 Å².